The van der Waals surface area contributed by atoms with E-state index in [0.717, 1.165) is 0 Å². The highest BCUT2D eigenvalue weighted by molar-refractivity contribution is 7.89. The molecule has 120 valence electrons. The lowest BCUT2D eigenvalue weighted by atomic mass is 9.93. The topological polar surface area (TPSA) is 58.2 Å². The van der Waals surface area contributed by atoms with Crippen molar-refractivity contribution in [3.8, 4) is 0 Å². The summed E-state index contributed by atoms with van der Waals surface area (Å²) >= 11 is 0. The SMILES string of the molecule is CNCc1cc(F)c(C)c(S(=O)(=O)NCCC(C)(C)C)c1. The minimum atomic E-state index is -3.69. The second-order valence-corrected chi connectivity index (χ2v) is 8.17. The third-order valence-corrected chi connectivity index (χ3v) is 4.78. The molecule has 6 heteroatoms. The van der Waals surface area contributed by atoms with Gasteiger partial charge in [0.05, 0.1) is 4.90 Å². The molecule has 0 atom stereocenters. The molecule has 0 aromatic heterocycles. The molecule has 21 heavy (non-hydrogen) atoms. The molecule has 0 fully saturated rings. The van der Waals surface area contributed by atoms with Gasteiger partial charge in [0.1, 0.15) is 5.82 Å². The summed E-state index contributed by atoms with van der Waals surface area (Å²) in [6.07, 6.45) is 0.712. The minimum absolute atomic E-state index is 0.0154. The van der Waals surface area contributed by atoms with Gasteiger partial charge in [-0.25, -0.2) is 17.5 Å². The Kier molecular flexibility index (Phi) is 5.90. The van der Waals surface area contributed by atoms with Crippen LogP contribution in [0.3, 0.4) is 0 Å². The van der Waals surface area contributed by atoms with E-state index < -0.39 is 15.8 Å². The number of rotatable bonds is 6. The Hall–Kier alpha value is -0.980. The van der Waals surface area contributed by atoms with Crippen LogP contribution in [0.5, 0.6) is 0 Å². The maximum atomic E-state index is 13.9. The average molecular weight is 316 g/mol. The quantitative estimate of drug-likeness (QED) is 0.848. The van der Waals surface area contributed by atoms with Gasteiger partial charge in [0.25, 0.3) is 0 Å². The number of halogens is 1. The molecule has 0 saturated heterocycles. The van der Waals surface area contributed by atoms with Crippen molar-refractivity contribution in [1.29, 1.82) is 0 Å². The van der Waals surface area contributed by atoms with Crippen molar-refractivity contribution in [3.05, 3.63) is 29.1 Å². The van der Waals surface area contributed by atoms with E-state index in [4.69, 9.17) is 0 Å². The van der Waals surface area contributed by atoms with Gasteiger partial charge in [-0.15, -0.1) is 0 Å². The molecule has 0 radical (unpaired) electrons. The van der Waals surface area contributed by atoms with E-state index in [9.17, 15) is 12.8 Å². The van der Waals surface area contributed by atoms with Crippen molar-refractivity contribution in [3.63, 3.8) is 0 Å². The van der Waals surface area contributed by atoms with Gasteiger partial charge in [-0.1, -0.05) is 20.8 Å². The maximum Gasteiger partial charge on any atom is 0.240 e. The van der Waals surface area contributed by atoms with E-state index in [-0.39, 0.29) is 15.9 Å². The highest BCUT2D eigenvalue weighted by atomic mass is 32.2. The lowest BCUT2D eigenvalue weighted by Crippen LogP contribution is -2.28. The zero-order chi connectivity index (χ0) is 16.3. The Morgan fingerprint density at radius 3 is 2.38 bits per heavy atom. The summed E-state index contributed by atoms with van der Waals surface area (Å²) in [6.45, 7) is 8.36. The summed E-state index contributed by atoms with van der Waals surface area (Å²) in [5.74, 6) is -0.501. The van der Waals surface area contributed by atoms with Crippen molar-refractivity contribution >= 4 is 10.0 Å². The Morgan fingerprint density at radius 2 is 1.86 bits per heavy atom. The predicted octanol–water partition coefficient (Wildman–Crippen LogP) is 2.57. The molecule has 0 aliphatic heterocycles. The van der Waals surface area contributed by atoms with Crippen molar-refractivity contribution in [2.75, 3.05) is 13.6 Å². The molecule has 1 aromatic rings. The lowest BCUT2D eigenvalue weighted by Gasteiger charge is -2.18. The van der Waals surface area contributed by atoms with Gasteiger partial charge in [0.15, 0.2) is 0 Å². The first kappa shape index (κ1) is 18.1. The molecular formula is C15H25FN2O2S. The third-order valence-electron chi connectivity index (χ3n) is 3.19. The van der Waals surface area contributed by atoms with E-state index >= 15 is 0 Å². The Labute approximate surface area is 127 Å². The Balaban J connectivity index is 3.02. The molecule has 0 bridgehead atoms. The Bertz CT molecular complexity index is 592. The van der Waals surface area contributed by atoms with Gasteiger partial charge in [-0.05, 0) is 43.5 Å². The fourth-order valence-corrected chi connectivity index (χ4v) is 3.26. The summed E-state index contributed by atoms with van der Waals surface area (Å²) in [6, 6.07) is 2.88. The second-order valence-electron chi connectivity index (χ2n) is 6.44. The summed E-state index contributed by atoms with van der Waals surface area (Å²) in [7, 11) is -1.96. The highest BCUT2D eigenvalue weighted by Crippen LogP contribution is 2.22. The van der Waals surface area contributed by atoms with Crippen LogP contribution in [0.15, 0.2) is 17.0 Å². The van der Waals surface area contributed by atoms with Gasteiger partial charge in [0, 0.05) is 18.7 Å². The number of benzene rings is 1. The van der Waals surface area contributed by atoms with Crippen LogP contribution in [0.2, 0.25) is 0 Å². The zero-order valence-electron chi connectivity index (χ0n) is 13.4. The van der Waals surface area contributed by atoms with Crippen LogP contribution in [0.4, 0.5) is 4.39 Å². The highest BCUT2D eigenvalue weighted by Gasteiger charge is 2.21. The van der Waals surface area contributed by atoms with E-state index in [1.807, 2.05) is 20.8 Å². The molecule has 0 aliphatic carbocycles. The van der Waals surface area contributed by atoms with Crippen molar-refractivity contribution in [2.24, 2.45) is 5.41 Å². The first-order chi connectivity index (χ1) is 9.57. The fourth-order valence-electron chi connectivity index (χ4n) is 1.93. The molecule has 0 amide bonds. The summed E-state index contributed by atoms with van der Waals surface area (Å²) in [4.78, 5) is 0.0154. The van der Waals surface area contributed by atoms with Crippen LogP contribution < -0.4 is 10.0 Å². The van der Waals surface area contributed by atoms with Crippen molar-refractivity contribution in [1.82, 2.24) is 10.0 Å². The van der Waals surface area contributed by atoms with Crippen molar-refractivity contribution < 1.29 is 12.8 Å². The van der Waals surface area contributed by atoms with Gasteiger partial charge in [0.2, 0.25) is 10.0 Å². The second kappa shape index (κ2) is 6.85. The summed E-state index contributed by atoms with van der Waals surface area (Å²) in [5.41, 5.74) is 0.798. The monoisotopic (exact) mass is 316 g/mol. The van der Waals surface area contributed by atoms with Crippen LogP contribution in [0.25, 0.3) is 0 Å². The van der Waals surface area contributed by atoms with Gasteiger partial charge in [-0.2, -0.15) is 0 Å². The minimum Gasteiger partial charge on any atom is -0.316 e. The maximum absolute atomic E-state index is 13.9. The molecule has 0 heterocycles. The molecule has 2 N–H and O–H groups in total. The molecule has 4 nitrogen and oxygen atoms in total. The molecule has 0 saturated carbocycles. The molecule has 0 aliphatic rings. The molecule has 1 aromatic carbocycles. The van der Waals surface area contributed by atoms with Gasteiger partial charge in [-0.3, -0.25) is 0 Å². The van der Waals surface area contributed by atoms with E-state index in [0.29, 0.717) is 25.1 Å². The van der Waals surface area contributed by atoms with Crippen LogP contribution in [-0.4, -0.2) is 22.0 Å². The average Bonchev–Trinajstić information content (AvgIpc) is 2.31. The van der Waals surface area contributed by atoms with E-state index in [1.165, 1.54) is 19.1 Å². The number of nitrogens with one attached hydrogen (secondary N) is 2. The first-order valence-corrected chi connectivity index (χ1v) is 8.48. The largest absolute Gasteiger partial charge is 0.316 e. The van der Waals surface area contributed by atoms with E-state index in [2.05, 4.69) is 10.0 Å². The third kappa shape index (κ3) is 5.37. The smallest absolute Gasteiger partial charge is 0.240 e. The number of sulfonamides is 1. The van der Waals surface area contributed by atoms with E-state index in [1.54, 1.807) is 7.05 Å². The van der Waals surface area contributed by atoms with Crippen molar-refractivity contribution in [2.45, 2.75) is 45.6 Å². The van der Waals surface area contributed by atoms with Crippen LogP contribution in [-0.2, 0) is 16.6 Å². The predicted molar refractivity (Wildman–Crippen MR) is 83.2 cm³/mol. The molecule has 1 rings (SSSR count). The first-order valence-electron chi connectivity index (χ1n) is 7.00. The Morgan fingerprint density at radius 1 is 1.24 bits per heavy atom. The normalized spacial score (nSPS) is 12.7. The number of hydrogen-bond acceptors (Lipinski definition) is 3. The zero-order valence-corrected chi connectivity index (χ0v) is 14.2. The molecular weight excluding hydrogens is 291 g/mol. The van der Waals surface area contributed by atoms with Crippen LogP contribution >= 0.6 is 0 Å². The molecule has 0 unspecified atom stereocenters. The number of hydrogen-bond donors (Lipinski definition) is 2. The lowest BCUT2D eigenvalue weighted by molar-refractivity contribution is 0.378. The van der Waals surface area contributed by atoms with Gasteiger partial charge >= 0.3 is 0 Å². The summed E-state index contributed by atoms with van der Waals surface area (Å²) in [5, 5.41) is 2.89. The fraction of sp³-hybridized carbons (Fsp3) is 0.600. The summed E-state index contributed by atoms with van der Waals surface area (Å²) < 4.78 is 41.1. The standard InChI is InChI=1S/C15H25FN2O2S/c1-11-13(16)8-12(10-17-5)9-14(11)21(19,20)18-7-6-15(2,3)4/h8-9,17-18H,6-7,10H2,1-5H3. The van der Waals surface area contributed by atoms with Crippen LogP contribution in [0, 0.1) is 18.2 Å². The van der Waals surface area contributed by atoms with Gasteiger partial charge < -0.3 is 5.32 Å². The molecule has 0 spiro atoms. The van der Waals surface area contributed by atoms with Crippen LogP contribution in [0.1, 0.15) is 38.3 Å².